The minimum absolute atomic E-state index is 0.108. The summed E-state index contributed by atoms with van der Waals surface area (Å²) >= 11 is 0. The minimum Gasteiger partial charge on any atom is -0.353 e. The van der Waals surface area contributed by atoms with Gasteiger partial charge in [0.05, 0.1) is 34.6 Å². The summed E-state index contributed by atoms with van der Waals surface area (Å²) in [4.78, 5) is 30.6. The van der Waals surface area contributed by atoms with E-state index in [2.05, 4.69) is 43.9 Å². The number of nitrogens with zero attached hydrogens (tertiary/aromatic N) is 10. The standard InChI is InChI=1S/C30H30N10O/c1-4-33-18-26(32-2)30(7-8-30)29(41)39-11-9-38(10-12-39)27-6-5-21(15-34-27)25-13-22(24-17-35-37(3)19-24)20-40-28(25)23(14-31)16-36-40/h4-6,13,15-20H,2,7-12H2,1,3H3/b26-18-,33-4?. The van der Waals surface area contributed by atoms with Crippen molar-refractivity contribution in [2.45, 2.75) is 19.8 Å². The van der Waals surface area contributed by atoms with Crippen molar-refractivity contribution < 1.29 is 4.79 Å². The van der Waals surface area contributed by atoms with Gasteiger partial charge in [-0.15, -0.1) is 0 Å². The van der Waals surface area contributed by atoms with E-state index in [1.807, 2.05) is 49.6 Å². The van der Waals surface area contributed by atoms with Crippen molar-refractivity contribution in [3.05, 3.63) is 66.6 Å². The van der Waals surface area contributed by atoms with Gasteiger partial charge in [0, 0.05) is 86.5 Å². The molecule has 0 atom stereocenters. The van der Waals surface area contributed by atoms with Crippen molar-refractivity contribution in [3.8, 4) is 28.3 Å². The summed E-state index contributed by atoms with van der Waals surface area (Å²) in [6.45, 7) is 8.09. The van der Waals surface area contributed by atoms with E-state index in [0.29, 0.717) is 37.4 Å². The molecule has 5 heterocycles. The number of fused-ring (bicyclic) bond motifs is 1. The Bertz CT molecular complexity index is 1720. The Hall–Kier alpha value is -5.11. The molecule has 0 N–H and O–H groups in total. The van der Waals surface area contributed by atoms with E-state index < -0.39 is 5.41 Å². The molecule has 0 bridgehead atoms. The fraction of sp³-hybridized carbons (Fsp3) is 0.300. The fourth-order valence-electron chi connectivity index (χ4n) is 5.49. The first kappa shape index (κ1) is 26.1. The third-order valence-corrected chi connectivity index (χ3v) is 7.89. The molecule has 6 rings (SSSR count). The van der Waals surface area contributed by atoms with Gasteiger partial charge in [0.15, 0.2) is 0 Å². The van der Waals surface area contributed by atoms with Crippen LogP contribution in [-0.4, -0.2) is 74.3 Å². The van der Waals surface area contributed by atoms with E-state index in [1.54, 1.807) is 34.0 Å². The SMILES string of the molecule is C=N/C(=C\N=CC)C1(C(=O)N2CCN(c3ccc(-c4cc(-c5cnn(C)c5)cn5ncc(C#N)c45)cn3)CC2)CC1. The fourth-order valence-corrected chi connectivity index (χ4v) is 5.49. The van der Waals surface area contributed by atoms with E-state index in [9.17, 15) is 10.1 Å². The number of pyridine rings is 2. The second-order valence-electron chi connectivity index (χ2n) is 10.4. The summed E-state index contributed by atoms with van der Waals surface area (Å²) < 4.78 is 3.49. The van der Waals surface area contributed by atoms with Gasteiger partial charge in [-0.25, -0.2) is 9.50 Å². The monoisotopic (exact) mass is 546 g/mol. The third kappa shape index (κ3) is 4.67. The highest BCUT2D eigenvalue weighted by Gasteiger charge is 2.55. The van der Waals surface area contributed by atoms with Crippen LogP contribution in [0.5, 0.6) is 0 Å². The number of carbonyl (C=O) groups is 1. The average molecular weight is 547 g/mol. The lowest BCUT2D eigenvalue weighted by Crippen LogP contribution is -2.51. The lowest BCUT2D eigenvalue weighted by atomic mass is 10.0. The predicted octanol–water partition coefficient (Wildman–Crippen LogP) is 3.73. The third-order valence-electron chi connectivity index (χ3n) is 7.89. The van der Waals surface area contributed by atoms with Gasteiger partial charge in [0.25, 0.3) is 0 Å². The van der Waals surface area contributed by atoms with Crippen molar-refractivity contribution in [3.63, 3.8) is 0 Å². The molecule has 1 aliphatic heterocycles. The van der Waals surface area contributed by atoms with Gasteiger partial charge in [0.1, 0.15) is 11.9 Å². The number of hydrogen-bond acceptors (Lipinski definition) is 8. The van der Waals surface area contributed by atoms with E-state index >= 15 is 0 Å². The molecule has 4 aromatic rings. The molecule has 0 spiro atoms. The maximum absolute atomic E-state index is 13.4. The van der Waals surface area contributed by atoms with Gasteiger partial charge < -0.3 is 9.80 Å². The first-order chi connectivity index (χ1) is 20.0. The average Bonchev–Trinajstić information content (AvgIpc) is 3.51. The lowest BCUT2D eigenvalue weighted by Gasteiger charge is -2.37. The topological polar surface area (TPSA) is 120 Å². The smallest absolute Gasteiger partial charge is 0.235 e. The molecule has 1 amide bonds. The number of aryl methyl sites for hydroxylation is 1. The van der Waals surface area contributed by atoms with E-state index in [-0.39, 0.29) is 5.91 Å². The van der Waals surface area contributed by atoms with Crippen LogP contribution in [0.3, 0.4) is 0 Å². The molecule has 1 saturated heterocycles. The number of rotatable bonds is 7. The highest BCUT2D eigenvalue weighted by molar-refractivity contribution is 5.89. The molecule has 1 aliphatic carbocycles. The van der Waals surface area contributed by atoms with Crippen LogP contribution in [0, 0.1) is 16.7 Å². The molecule has 0 radical (unpaired) electrons. The zero-order valence-electron chi connectivity index (χ0n) is 23.1. The van der Waals surface area contributed by atoms with Gasteiger partial charge in [-0.3, -0.25) is 19.5 Å². The zero-order valence-corrected chi connectivity index (χ0v) is 23.1. The van der Waals surface area contributed by atoms with Gasteiger partial charge in [0.2, 0.25) is 5.91 Å². The Morgan fingerprint density at radius 3 is 2.49 bits per heavy atom. The summed E-state index contributed by atoms with van der Waals surface area (Å²) in [5.74, 6) is 0.957. The summed E-state index contributed by atoms with van der Waals surface area (Å²) in [5, 5.41) is 18.4. The van der Waals surface area contributed by atoms with Gasteiger partial charge in [-0.05, 0) is 44.7 Å². The van der Waals surface area contributed by atoms with Crippen molar-refractivity contribution >= 4 is 30.2 Å². The molecule has 4 aromatic heterocycles. The van der Waals surface area contributed by atoms with Gasteiger partial charge in [-0.2, -0.15) is 15.5 Å². The first-order valence-corrected chi connectivity index (χ1v) is 13.5. The quantitative estimate of drug-likeness (QED) is 0.326. The molecule has 11 nitrogen and oxygen atoms in total. The number of amides is 1. The minimum atomic E-state index is -0.581. The summed E-state index contributed by atoms with van der Waals surface area (Å²) in [5.41, 5.74) is 4.97. The van der Waals surface area contributed by atoms with Crippen molar-refractivity contribution in [1.82, 2.24) is 29.3 Å². The van der Waals surface area contributed by atoms with Crippen LogP contribution < -0.4 is 4.90 Å². The zero-order chi connectivity index (χ0) is 28.6. The van der Waals surface area contributed by atoms with Crippen LogP contribution in [0.4, 0.5) is 5.82 Å². The molecule has 11 heteroatoms. The number of aliphatic imine (C=N–C) groups is 2. The van der Waals surface area contributed by atoms with Crippen LogP contribution in [0.1, 0.15) is 25.3 Å². The number of carbonyl (C=O) groups excluding carboxylic acids is 1. The second-order valence-corrected chi connectivity index (χ2v) is 10.4. The number of piperazine rings is 1. The molecule has 1 saturated carbocycles. The maximum atomic E-state index is 13.4. The largest absolute Gasteiger partial charge is 0.353 e. The molecular weight excluding hydrogens is 516 g/mol. The highest BCUT2D eigenvalue weighted by Crippen LogP contribution is 2.53. The van der Waals surface area contributed by atoms with Crippen LogP contribution in [0.15, 0.2) is 71.1 Å². The van der Waals surface area contributed by atoms with Gasteiger partial charge >= 0.3 is 0 Å². The Labute approximate surface area is 237 Å². The molecular formula is C30H30N10O. The first-order valence-electron chi connectivity index (χ1n) is 13.5. The molecule has 2 aliphatic rings. The summed E-state index contributed by atoms with van der Waals surface area (Å²) in [6, 6.07) is 8.33. The number of aromatic nitrogens is 5. The Morgan fingerprint density at radius 1 is 1.07 bits per heavy atom. The molecule has 2 fully saturated rings. The van der Waals surface area contributed by atoms with E-state index in [0.717, 1.165) is 46.4 Å². The molecule has 206 valence electrons. The number of nitriles is 1. The summed E-state index contributed by atoms with van der Waals surface area (Å²) in [6.07, 6.45) is 14.0. The predicted molar refractivity (Wildman–Crippen MR) is 158 cm³/mol. The van der Waals surface area contributed by atoms with E-state index in [1.165, 1.54) is 0 Å². The normalized spacial score (nSPS) is 16.8. The molecule has 0 aromatic carbocycles. The summed E-state index contributed by atoms with van der Waals surface area (Å²) in [7, 11) is 1.88. The Morgan fingerprint density at radius 2 is 1.88 bits per heavy atom. The van der Waals surface area contributed by atoms with Crippen molar-refractivity contribution in [2.24, 2.45) is 22.4 Å². The lowest BCUT2D eigenvalue weighted by molar-refractivity contribution is -0.135. The Balaban J connectivity index is 1.21. The van der Waals surface area contributed by atoms with Crippen molar-refractivity contribution in [2.75, 3.05) is 31.1 Å². The number of hydrogen-bond donors (Lipinski definition) is 0. The van der Waals surface area contributed by atoms with Gasteiger partial charge in [-0.1, -0.05) is 0 Å². The maximum Gasteiger partial charge on any atom is 0.235 e. The Kier molecular flexibility index (Phi) is 6.67. The van der Waals surface area contributed by atoms with Crippen LogP contribution >= 0.6 is 0 Å². The van der Waals surface area contributed by atoms with Crippen LogP contribution in [0.2, 0.25) is 0 Å². The van der Waals surface area contributed by atoms with Crippen LogP contribution in [0.25, 0.3) is 27.8 Å². The second kappa shape index (κ2) is 10.5. The highest BCUT2D eigenvalue weighted by atomic mass is 16.2. The van der Waals surface area contributed by atoms with Crippen LogP contribution in [-0.2, 0) is 11.8 Å². The number of anilines is 1. The molecule has 41 heavy (non-hydrogen) atoms. The van der Waals surface area contributed by atoms with E-state index in [4.69, 9.17) is 4.98 Å². The molecule has 0 unspecified atom stereocenters. The van der Waals surface area contributed by atoms with Crippen molar-refractivity contribution in [1.29, 1.82) is 5.26 Å².